The van der Waals surface area contributed by atoms with Crippen LogP contribution in [0, 0.1) is 0 Å². The SMILES string of the molecule is CCOc1ccc([C@@H](CN)N(C)C)cc1. The zero-order valence-electron chi connectivity index (χ0n) is 9.73. The van der Waals surface area contributed by atoms with Crippen LogP contribution in [0.4, 0.5) is 0 Å². The van der Waals surface area contributed by atoms with Gasteiger partial charge in [-0.1, -0.05) is 12.1 Å². The molecule has 1 aromatic rings. The van der Waals surface area contributed by atoms with Crippen LogP contribution in [-0.4, -0.2) is 32.1 Å². The van der Waals surface area contributed by atoms with Crippen LogP contribution in [-0.2, 0) is 0 Å². The highest BCUT2D eigenvalue weighted by molar-refractivity contribution is 5.29. The highest BCUT2D eigenvalue weighted by atomic mass is 16.5. The summed E-state index contributed by atoms with van der Waals surface area (Å²) in [7, 11) is 4.07. The summed E-state index contributed by atoms with van der Waals surface area (Å²) in [5.41, 5.74) is 6.96. The van der Waals surface area contributed by atoms with Crippen molar-refractivity contribution in [1.82, 2.24) is 4.90 Å². The van der Waals surface area contributed by atoms with Gasteiger partial charge in [-0.3, -0.25) is 0 Å². The van der Waals surface area contributed by atoms with Crippen LogP contribution in [0.3, 0.4) is 0 Å². The smallest absolute Gasteiger partial charge is 0.119 e. The molecule has 0 fully saturated rings. The number of likely N-dealkylation sites (N-methyl/N-ethyl adjacent to an activating group) is 1. The maximum Gasteiger partial charge on any atom is 0.119 e. The molecule has 0 saturated carbocycles. The summed E-state index contributed by atoms with van der Waals surface area (Å²) in [5, 5.41) is 0. The summed E-state index contributed by atoms with van der Waals surface area (Å²) in [5.74, 6) is 0.913. The Morgan fingerprint density at radius 2 is 1.87 bits per heavy atom. The van der Waals surface area contributed by atoms with E-state index in [1.807, 2.05) is 33.2 Å². The van der Waals surface area contributed by atoms with E-state index in [1.54, 1.807) is 0 Å². The molecule has 0 aliphatic heterocycles. The van der Waals surface area contributed by atoms with Gasteiger partial charge >= 0.3 is 0 Å². The number of benzene rings is 1. The molecule has 0 aliphatic rings. The highest BCUT2D eigenvalue weighted by Crippen LogP contribution is 2.20. The number of rotatable bonds is 5. The monoisotopic (exact) mass is 208 g/mol. The first-order chi connectivity index (χ1) is 7.19. The lowest BCUT2D eigenvalue weighted by atomic mass is 10.1. The van der Waals surface area contributed by atoms with E-state index in [1.165, 1.54) is 5.56 Å². The molecular weight excluding hydrogens is 188 g/mol. The van der Waals surface area contributed by atoms with Crippen molar-refractivity contribution in [2.75, 3.05) is 27.2 Å². The van der Waals surface area contributed by atoms with Crippen molar-refractivity contribution < 1.29 is 4.74 Å². The molecule has 0 radical (unpaired) electrons. The van der Waals surface area contributed by atoms with Crippen molar-refractivity contribution in [3.05, 3.63) is 29.8 Å². The van der Waals surface area contributed by atoms with E-state index in [4.69, 9.17) is 10.5 Å². The largest absolute Gasteiger partial charge is 0.494 e. The van der Waals surface area contributed by atoms with Crippen LogP contribution in [0.15, 0.2) is 24.3 Å². The van der Waals surface area contributed by atoms with Crippen molar-refractivity contribution in [1.29, 1.82) is 0 Å². The third-order valence-electron chi connectivity index (χ3n) is 2.42. The Morgan fingerprint density at radius 1 is 1.27 bits per heavy atom. The van der Waals surface area contributed by atoms with E-state index < -0.39 is 0 Å². The Bertz CT molecular complexity index is 282. The molecule has 84 valence electrons. The molecule has 0 saturated heterocycles. The first kappa shape index (κ1) is 12.0. The molecule has 1 aromatic carbocycles. The van der Waals surface area contributed by atoms with Gasteiger partial charge in [0.2, 0.25) is 0 Å². The topological polar surface area (TPSA) is 38.5 Å². The van der Waals surface area contributed by atoms with Crippen molar-refractivity contribution >= 4 is 0 Å². The van der Waals surface area contributed by atoms with Gasteiger partial charge in [-0.2, -0.15) is 0 Å². The van der Waals surface area contributed by atoms with Gasteiger partial charge in [0.05, 0.1) is 6.61 Å². The Kier molecular flexibility index (Phi) is 4.59. The third-order valence-corrected chi connectivity index (χ3v) is 2.42. The van der Waals surface area contributed by atoms with Gasteiger partial charge in [0.1, 0.15) is 5.75 Å². The van der Waals surface area contributed by atoms with E-state index in [0.29, 0.717) is 13.2 Å². The van der Waals surface area contributed by atoms with Crippen LogP contribution < -0.4 is 10.5 Å². The standard InChI is InChI=1S/C12H20N2O/c1-4-15-11-7-5-10(6-8-11)12(9-13)14(2)3/h5-8,12H,4,9,13H2,1-3H3/t12-/m1/s1. The zero-order valence-corrected chi connectivity index (χ0v) is 9.73. The van der Waals surface area contributed by atoms with E-state index in [9.17, 15) is 0 Å². The lowest BCUT2D eigenvalue weighted by molar-refractivity contribution is 0.305. The van der Waals surface area contributed by atoms with Crippen molar-refractivity contribution in [2.24, 2.45) is 5.73 Å². The molecule has 0 aromatic heterocycles. The maximum absolute atomic E-state index is 5.73. The van der Waals surface area contributed by atoms with E-state index in [0.717, 1.165) is 5.75 Å². The average molecular weight is 208 g/mol. The molecule has 3 nitrogen and oxygen atoms in total. The maximum atomic E-state index is 5.73. The van der Waals surface area contributed by atoms with Gasteiger partial charge < -0.3 is 15.4 Å². The van der Waals surface area contributed by atoms with Gasteiger partial charge in [-0.05, 0) is 38.7 Å². The predicted molar refractivity (Wildman–Crippen MR) is 63.1 cm³/mol. The molecular formula is C12H20N2O. The molecule has 0 amide bonds. The van der Waals surface area contributed by atoms with Gasteiger partial charge in [-0.15, -0.1) is 0 Å². The molecule has 1 atom stereocenters. The molecule has 0 unspecified atom stereocenters. The Labute approximate surface area is 91.8 Å². The molecule has 1 rings (SSSR count). The Balaban J connectivity index is 2.77. The van der Waals surface area contributed by atoms with E-state index in [2.05, 4.69) is 17.0 Å². The minimum absolute atomic E-state index is 0.278. The van der Waals surface area contributed by atoms with Gasteiger partial charge in [0, 0.05) is 12.6 Å². The van der Waals surface area contributed by atoms with Gasteiger partial charge in [0.15, 0.2) is 0 Å². The summed E-state index contributed by atoms with van der Waals surface area (Å²) >= 11 is 0. The van der Waals surface area contributed by atoms with Crippen molar-refractivity contribution in [3.8, 4) is 5.75 Å². The van der Waals surface area contributed by atoms with Crippen LogP contribution in [0.2, 0.25) is 0 Å². The number of nitrogens with two attached hydrogens (primary N) is 1. The number of ether oxygens (including phenoxy) is 1. The first-order valence-corrected chi connectivity index (χ1v) is 5.28. The van der Waals surface area contributed by atoms with E-state index in [-0.39, 0.29) is 6.04 Å². The normalized spacial score (nSPS) is 12.9. The predicted octanol–water partition coefficient (Wildman–Crippen LogP) is 1.65. The fraction of sp³-hybridized carbons (Fsp3) is 0.500. The first-order valence-electron chi connectivity index (χ1n) is 5.28. The summed E-state index contributed by atoms with van der Waals surface area (Å²) in [6, 6.07) is 8.40. The third kappa shape index (κ3) is 3.22. The zero-order chi connectivity index (χ0) is 11.3. The lowest BCUT2D eigenvalue weighted by Crippen LogP contribution is -2.27. The summed E-state index contributed by atoms with van der Waals surface area (Å²) < 4.78 is 5.39. The number of nitrogens with zero attached hydrogens (tertiary/aromatic N) is 1. The number of hydrogen-bond donors (Lipinski definition) is 1. The molecule has 0 spiro atoms. The minimum Gasteiger partial charge on any atom is -0.494 e. The molecule has 0 bridgehead atoms. The average Bonchev–Trinajstić information content (AvgIpc) is 2.21. The highest BCUT2D eigenvalue weighted by Gasteiger charge is 2.11. The van der Waals surface area contributed by atoms with Crippen LogP contribution >= 0.6 is 0 Å². The molecule has 15 heavy (non-hydrogen) atoms. The van der Waals surface area contributed by atoms with Crippen LogP contribution in [0.5, 0.6) is 5.75 Å². The second-order valence-electron chi connectivity index (χ2n) is 3.72. The fourth-order valence-electron chi connectivity index (χ4n) is 1.60. The van der Waals surface area contributed by atoms with Crippen molar-refractivity contribution in [3.63, 3.8) is 0 Å². The number of hydrogen-bond acceptors (Lipinski definition) is 3. The van der Waals surface area contributed by atoms with Crippen LogP contribution in [0.25, 0.3) is 0 Å². The molecule has 0 aliphatic carbocycles. The summed E-state index contributed by atoms with van der Waals surface area (Å²) in [6.07, 6.45) is 0. The minimum atomic E-state index is 0.278. The quantitative estimate of drug-likeness (QED) is 0.799. The molecule has 0 heterocycles. The van der Waals surface area contributed by atoms with E-state index >= 15 is 0 Å². The Morgan fingerprint density at radius 3 is 2.27 bits per heavy atom. The van der Waals surface area contributed by atoms with Crippen molar-refractivity contribution in [2.45, 2.75) is 13.0 Å². The Hall–Kier alpha value is -1.06. The van der Waals surface area contributed by atoms with Crippen LogP contribution in [0.1, 0.15) is 18.5 Å². The molecule has 2 N–H and O–H groups in total. The van der Waals surface area contributed by atoms with Gasteiger partial charge in [-0.25, -0.2) is 0 Å². The molecule has 3 heteroatoms. The summed E-state index contributed by atoms with van der Waals surface area (Å²) in [6.45, 7) is 3.31. The second kappa shape index (κ2) is 5.73. The summed E-state index contributed by atoms with van der Waals surface area (Å²) in [4.78, 5) is 2.12. The van der Waals surface area contributed by atoms with Gasteiger partial charge in [0.25, 0.3) is 0 Å². The second-order valence-corrected chi connectivity index (χ2v) is 3.72. The fourth-order valence-corrected chi connectivity index (χ4v) is 1.60. The lowest BCUT2D eigenvalue weighted by Gasteiger charge is -2.23.